The molecule has 4 heteroatoms. The van der Waals surface area contributed by atoms with E-state index in [1.807, 2.05) is 0 Å². The fourth-order valence-electron chi connectivity index (χ4n) is 0.137. The van der Waals surface area contributed by atoms with Crippen LogP contribution in [-0.2, 0) is 0 Å². The van der Waals surface area contributed by atoms with Crippen LogP contribution >= 0.6 is 0 Å². The molecule has 0 aliphatic carbocycles. The first kappa shape index (κ1) is 7.46. The molecule has 0 aromatic rings. The summed E-state index contributed by atoms with van der Waals surface area (Å²) in [7, 11) is 0. The lowest BCUT2D eigenvalue weighted by Gasteiger charge is -1.99. The molecular formula is C4H4F4. The van der Waals surface area contributed by atoms with Gasteiger partial charge >= 0.3 is 0 Å². The van der Waals surface area contributed by atoms with E-state index in [2.05, 4.69) is 6.58 Å². The molecule has 0 spiro atoms. The normalized spacial score (nSPS) is 14.1. The van der Waals surface area contributed by atoms with Crippen molar-refractivity contribution in [3.05, 3.63) is 12.4 Å². The van der Waals surface area contributed by atoms with Crippen molar-refractivity contribution in [1.82, 2.24) is 0 Å². The summed E-state index contributed by atoms with van der Waals surface area (Å²) < 4.78 is 44.7. The number of alkyl halides is 3. The Morgan fingerprint density at radius 3 is 1.62 bits per heavy atom. The van der Waals surface area contributed by atoms with Gasteiger partial charge in [0, 0.05) is 0 Å². The SMILES string of the molecule is C=C(F)C(F)C(F)F. The van der Waals surface area contributed by atoms with Crippen LogP contribution in [0.4, 0.5) is 17.6 Å². The van der Waals surface area contributed by atoms with Crippen LogP contribution in [0.3, 0.4) is 0 Å². The Hall–Kier alpha value is -0.540. The molecule has 0 aliphatic rings. The smallest absolute Gasteiger partial charge is 0.233 e. The Morgan fingerprint density at radius 2 is 1.62 bits per heavy atom. The van der Waals surface area contributed by atoms with E-state index in [0.29, 0.717) is 0 Å². The lowest BCUT2D eigenvalue weighted by Crippen LogP contribution is -2.11. The van der Waals surface area contributed by atoms with Gasteiger partial charge in [0.05, 0.1) is 0 Å². The van der Waals surface area contributed by atoms with Crippen LogP contribution in [0, 0.1) is 0 Å². The van der Waals surface area contributed by atoms with Crippen molar-refractivity contribution >= 4 is 0 Å². The summed E-state index contributed by atoms with van der Waals surface area (Å²) in [6.45, 7) is 2.35. The molecule has 0 saturated heterocycles. The van der Waals surface area contributed by atoms with Crippen molar-refractivity contribution in [2.45, 2.75) is 12.6 Å². The maximum Gasteiger partial charge on any atom is 0.275 e. The zero-order valence-corrected chi connectivity index (χ0v) is 3.87. The highest BCUT2D eigenvalue weighted by Crippen LogP contribution is 2.13. The maximum absolute atomic E-state index is 11.4. The van der Waals surface area contributed by atoms with Gasteiger partial charge in [-0.05, 0) is 0 Å². The fraction of sp³-hybridized carbons (Fsp3) is 0.500. The number of allylic oxidation sites excluding steroid dienone is 1. The third-order valence-corrected chi connectivity index (χ3v) is 0.520. The van der Waals surface area contributed by atoms with Gasteiger partial charge in [-0.15, -0.1) is 0 Å². The zero-order valence-electron chi connectivity index (χ0n) is 3.87. The van der Waals surface area contributed by atoms with Gasteiger partial charge in [-0.1, -0.05) is 6.58 Å². The molecule has 1 atom stereocenters. The number of hydrogen-bond donors (Lipinski definition) is 0. The third-order valence-electron chi connectivity index (χ3n) is 0.520. The molecule has 0 heterocycles. The first-order chi connectivity index (χ1) is 3.55. The van der Waals surface area contributed by atoms with Gasteiger partial charge in [0.1, 0.15) is 5.83 Å². The second-order valence-electron chi connectivity index (χ2n) is 1.18. The molecule has 0 N–H and O–H groups in total. The average Bonchev–Trinajstić information content (AvgIpc) is 1.64. The summed E-state index contributed by atoms with van der Waals surface area (Å²) in [5, 5.41) is 0. The number of rotatable bonds is 2. The van der Waals surface area contributed by atoms with Gasteiger partial charge in [0.2, 0.25) is 6.17 Å². The van der Waals surface area contributed by atoms with Gasteiger partial charge < -0.3 is 0 Å². The molecule has 1 unspecified atom stereocenters. The van der Waals surface area contributed by atoms with Gasteiger partial charge in [-0.3, -0.25) is 0 Å². The van der Waals surface area contributed by atoms with Crippen LogP contribution in [0.1, 0.15) is 0 Å². The van der Waals surface area contributed by atoms with Crippen molar-refractivity contribution in [3.8, 4) is 0 Å². The van der Waals surface area contributed by atoms with E-state index in [9.17, 15) is 17.6 Å². The third kappa shape index (κ3) is 1.95. The average molecular weight is 128 g/mol. The summed E-state index contributed by atoms with van der Waals surface area (Å²) in [5.74, 6) is -1.62. The summed E-state index contributed by atoms with van der Waals surface area (Å²) in [4.78, 5) is 0. The second-order valence-corrected chi connectivity index (χ2v) is 1.18. The molecule has 48 valence electrons. The van der Waals surface area contributed by atoms with Crippen LogP contribution in [-0.4, -0.2) is 12.6 Å². The van der Waals surface area contributed by atoms with Crippen LogP contribution in [0.25, 0.3) is 0 Å². The summed E-state index contributed by atoms with van der Waals surface area (Å²) in [5.41, 5.74) is 0. The first-order valence-electron chi connectivity index (χ1n) is 1.82. The number of halogens is 4. The van der Waals surface area contributed by atoms with Gasteiger partial charge in [0.25, 0.3) is 6.43 Å². The molecular weight excluding hydrogens is 124 g/mol. The highest BCUT2D eigenvalue weighted by molar-refractivity contribution is 4.91. The van der Waals surface area contributed by atoms with Crippen LogP contribution < -0.4 is 0 Å². The van der Waals surface area contributed by atoms with Gasteiger partial charge in [0.15, 0.2) is 0 Å². The van der Waals surface area contributed by atoms with Crippen molar-refractivity contribution in [3.63, 3.8) is 0 Å². The fourth-order valence-corrected chi connectivity index (χ4v) is 0.137. The molecule has 8 heavy (non-hydrogen) atoms. The van der Waals surface area contributed by atoms with E-state index in [1.165, 1.54) is 0 Å². The van der Waals surface area contributed by atoms with Gasteiger partial charge in [-0.2, -0.15) is 0 Å². The Bertz CT molecular complexity index is 88.0. The van der Waals surface area contributed by atoms with Crippen molar-refractivity contribution in [1.29, 1.82) is 0 Å². The van der Waals surface area contributed by atoms with E-state index in [1.54, 1.807) is 0 Å². The Labute approximate surface area is 43.8 Å². The lowest BCUT2D eigenvalue weighted by atomic mass is 10.4. The Kier molecular flexibility index (Phi) is 2.51. The second kappa shape index (κ2) is 2.69. The molecule has 0 rings (SSSR count). The van der Waals surface area contributed by atoms with E-state index >= 15 is 0 Å². The monoisotopic (exact) mass is 128 g/mol. The summed E-state index contributed by atoms with van der Waals surface area (Å²) >= 11 is 0. The Morgan fingerprint density at radius 1 is 1.25 bits per heavy atom. The highest BCUT2D eigenvalue weighted by Gasteiger charge is 2.22. The lowest BCUT2D eigenvalue weighted by molar-refractivity contribution is 0.0582. The minimum atomic E-state index is -3.30. The zero-order chi connectivity index (χ0) is 6.73. The van der Waals surface area contributed by atoms with Crippen molar-refractivity contribution in [2.75, 3.05) is 0 Å². The largest absolute Gasteiger partial charge is 0.275 e. The maximum atomic E-state index is 11.4. The molecule has 0 bridgehead atoms. The van der Waals surface area contributed by atoms with Crippen LogP contribution in [0.15, 0.2) is 12.4 Å². The molecule has 0 saturated carbocycles. The first-order valence-corrected chi connectivity index (χ1v) is 1.82. The minimum Gasteiger partial charge on any atom is -0.233 e. The standard InChI is InChI=1S/C4H4F4/c1-2(5)3(6)4(7)8/h3-4H,1H2. The quantitative estimate of drug-likeness (QED) is 0.499. The minimum absolute atomic E-state index is 1.62. The summed E-state index contributed by atoms with van der Waals surface area (Å²) in [6, 6.07) is 0. The van der Waals surface area contributed by atoms with E-state index in [-0.39, 0.29) is 0 Å². The predicted molar refractivity (Wildman–Crippen MR) is 21.1 cm³/mol. The highest BCUT2D eigenvalue weighted by atomic mass is 19.3. The number of hydrogen-bond acceptors (Lipinski definition) is 0. The predicted octanol–water partition coefficient (Wildman–Crippen LogP) is 2.07. The van der Waals surface area contributed by atoms with E-state index in [4.69, 9.17) is 0 Å². The molecule has 0 amide bonds. The van der Waals surface area contributed by atoms with Crippen molar-refractivity contribution < 1.29 is 17.6 Å². The molecule has 0 radical (unpaired) electrons. The molecule has 0 nitrogen and oxygen atoms in total. The molecule has 0 aromatic heterocycles. The van der Waals surface area contributed by atoms with E-state index < -0.39 is 18.4 Å². The van der Waals surface area contributed by atoms with Crippen LogP contribution in [0.5, 0.6) is 0 Å². The Balaban J connectivity index is 3.64. The van der Waals surface area contributed by atoms with Crippen molar-refractivity contribution in [2.24, 2.45) is 0 Å². The molecule has 0 aromatic carbocycles. The molecule has 0 fully saturated rings. The summed E-state index contributed by atoms with van der Waals surface area (Å²) in [6.07, 6.45) is -6.12. The molecule has 0 aliphatic heterocycles. The van der Waals surface area contributed by atoms with Crippen LogP contribution in [0.2, 0.25) is 0 Å². The van der Waals surface area contributed by atoms with E-state index in [0.717, 1.165) is 0 Å². The topological polar surface area (TPSA) is 0 Å². The van der Waals surface area contributed by atoms with Gasteiger partial charge in [-0.25, -0.2) is 17.6 Å².